The molecule has 14 nitrogen and oxygen atoms in total. The first-order valence-corrected chi connectivity index (χ1v) is 8.46. The summed E-state index contributed by atoms with van der Waals surface area (Å²) in [5.41, 5.74) is 4.49. The number of nitrogens with one attached hydrogen (secondary N) is 1. The maximum atomic E-state index is 10.4. The van der Waals surface area contributed by atoms with Crippen LogP contribution in [0, 0.1) is 5.41 Å². The van der Waals surface area contributed by atoms with Gasteiger partial charge in [-0.05, 0) is 6.92 Å². The number of hydrogen-bond acceptors (Lipinski definition) is 10. The molecule has 5 unspecified atom stereocenters. The van der Waals surface area contributed by atoms with Crippen LogP contribution in [0.2, 0.25) is 0 Å². The lowest BCUT2D eigenvalue weighted by molar-refractivity contribution is -0.132. The van der Waals surface area contributed by atoms with Crippen molar-refractivity contribution in [3.8, 4) is 0 Å². The van der Waals surface area contributed by atoms with Crippen LogP contribution < -0.4 is 5.73 Å². The molecule has 0 rings (SSSR count). The van der Waals surface area contributed by atoms with Crippen LogP contribution in [-0.2, 0) is 22.8 Å². The van der Waals surface area contributed by atoms with Crippen LogP contribution in [-0.4, -0.2) is 71.8 Å². The standard InChI is InChI=1S/C6H12O5.CH6N2O7P2/c1-3(8)5(10)6(11)4(9)2-7;2-1(3)9-12(7,8)10-11(4,5)6/h2-6,8-11H,1H3;(H3,2,3)(H,7,8)(H2,4,5,6). The van der Waals surface area contributed by atoms with Crippen molar-refractivity contribution >= 4 is 28.0 Å². The second-order valence-corrected chi connectivity index (χ2v) is 6.60. The molecule has 10 N–H and O–H groups in total. The molecular weight excluding hydrogens is 366 g/mol. The zero-order valence-corrected chi connectivity index (χ0v) is 13.3. The Bertz CT molecular complexity index is 478. The van der Waals surface area contributed by atoms with Gasteiger partial charge in [0.05, 0.1) is 6.10 Å². The van der Waals surface area contributed by atoms with Gasteiger partial charge in [-0.1, -0.05) is 0 Å². The van der Waals surface area contributed by atoms with E-state index in [1.165, 1.54) is 6.92 Å². The maximum Gasteiger partial charge on any atom is 0.538 e. The molecule has 0 radical (unpaired) electrons. The van der Waals surface area contributed by atoms with Gasteiger partial charge in [0.15, 0.2) is 6.29 Å². The Morgan fingerprint density at radius 2 is 1.57 bits per heavy atom. The maximum absolute atomic E-state index is 10.4. The van der Waals surface area contributed by atoms with Crippen molar-refractivity contribution < 1.29 is 57.9 Å². The fraction of sp³-hybridized carbons (Fsp3) is 0.714. The normalized spacial score (nSPS) is 19.1. The Morgan fingerprint density at radius 3 is 1.83 bits per heavy atom. The zero-order chi connectivity index (χ0) is 19.0. The van der Waals surface area contributed by atoms with Crippen molar-refractivity contribution in [2.45, 2.75) is 31.3 Å². The SMILES string of the molecule is CC(O)C(O)C(O)C(O)C=O.N=C(N)OP(=O)(O)OP(=O)(O)O. The second kappa shape index (κ2) is 10.1. The van der Waals surface area contributed by atoms with Gasteiger partial charge in [-0.25, -0.2) is 9.13 Å². The van der Waals surface area contributed by atoms with Crippen molar-refractivity contribution in [3.05, 3.63) is 0 Å². The number of aliphatic hydroxyl groups is 4. The molecule has 0 aromatic rings. The van der Waals surface area contributed by atoms with Crippen LogP contribution in [0.3, 0.4) is 0 Å². The molecule has 0 aliphatic heterocycles. The molecule has 0 spiro atoms. The number of phosphoric acid groups is 2. The summed E-state index contributed by atoms with van der Waals surface area (Å²) >= 11 is 0. The predicted octanol–water partition coefficient (Wildman–Crippen LogP) is -3.25. The third kappa shape index (κ3) is 13.2. The van der Waals surface area contributed by atoms with Gasteiger partial charge in [-0.15, -0.1) is 0 Å². The molecule has 0 aliphatic rings. The van der Waals surface area contributed by atoms with Crippen molar-refractivity contribution in [2.75, 3.05) is 0 Å². The molecule has 23 heavy (non-hydrogen) atoms. The Labute approximate surface area is 129 Å². The van der Waals surface area contributed by atoms with E-state index in [1.807, 2.05) is 0 Å². The number of rotatable bonds is 7. The molecule has 0 aromatic carbocycles. The summed E-state index contributed by atoms with van der Waals surface area (Å²) < 4.78 is 27.3. The van der Waals surface area contributed by atoms with E-state index < -0.39 is 46.1 Å². The lowest BCUT2D eigenvalue weighted by Crippen LogP contribution is -2.43. The Morgan fingerprint density at radius 1 is 1.13 bits per heavy atom. The molecule has 0 saturated carbocycles. The quantitative estimate of drug-likeness (QED) is 0.0905. The molecule has 0 aromatic heterocycles. The minimum Gasteiger partial charge on any atom is -0.391 e. The first-order chi connectivity index (χ1) is 10.1. The van der Waals surface area contributed by atoms with Crippen molar-refractivity contribution in [3.63, 3.8) is 0 Å². The molecule has 138 valence electrons. The van der Waals surface area contributed by atoms with Gasteiger partial charge < -0.3 is 45.3 Å². The molecular formula is C7H18N2O12P2. The number of aldehydes is 1. The van der Waals surface area contributed by atoms with E-state index in [2.05, 4.69) is 14.6 Å². The third-order valence-electron chi connectivity index (χ3n) is 1.76. The molecule has 0 heterocycles. The number of amidine groups is 1. The summed E-state index contributed by atoms with van der Waals surface area (Å²) in [5, 5.41) is 41.4. The summed E-state index contributed by atoms with van der Waals surface area (Å²) in [6.07, 6.45) is -5.88. The first-order valence-electron chi connectivity index (χ1n) is 5.43. The number of hydrogen-bond donors (Lipinski definition) is 9. The summed E-state index contributed by atoms with van der Waals surface area (Å²) in [4.78, 5) is 34.4. The van der Waals surface area contributed by atoms with E-state index in [0.717, 1.165) is 0 Å². The summed E-state index contributed by atoms with van der Waals surface area (Å²) in [5.74, 6) is 0. The molecule has 0 fully saturated rings. The Hall–Kier alpha value is -0.920. The minimum atomic E-state index is -5.13. The lowest BCUT2D eigenvalue weighted by Gasteiger charge is -2.21. The molecule has 0 bridgehead atoms. The number of carbonyl (C=O) groups is 1. The monoisotopic (exact) mass is 384 g/mol. The van der Waals surface area contributed by atoms with Gasteiger partial charge in [0.25, 0.3) is 6.02 Å². The van der Waals surface area contributed by atoms with Gasteiger partial charge in [0.2, 0.25) is 0 Å². The van der Waals surface area contributed by atoms with Crippen LogP contribution in [0.15, 0.2) is 0 Å². The topological polar surface area (TPSA) is 261 Å². The predicted molar refractivity (Wildman–Crippen MR) is 71.7 cm³/mol. The van der Waals surface area contributed by atoms with Gasteiger partial charge in [0, 0.05) is 0 Å². The van der Waals surface area contributed by atoms with Gasteiger partial charge >= 0.3 is 15.6 Å². The average molecular weight is 384 g/mol. The Balaban J connectivity index is 0. The van der Waals surface area contributed by atoms with E-state index in [1.54, 1.807) is 0 Å². The third-order valence-corrected chi connectivity index (χ3v) is 3.86. The van der Waals surface area contributed by atoms with Crippen LogP contribution in [0.5, 0.6) is 0 Å². The van der Waals surface area contributed by atoms with E-state index in [4.69, 9.17) is 40.5 Å². The Kier molecular flexibility index (Phi) is 10.6. The smallest absolute Gasteiger partial charge is 0.391 e. The summed E-state index contributed by atoms with van der Waals surface area (Å²) in [6.45, 7) is 1.24. The number of carbonyl (C=O) groups excluding carboxylic acids is 1. The highest BCUT2D eigenvalue weighted by Crippen LogP contribution is 2.57. The van der Waals surface area contributed by atoms with Gasteiger partial charge in [-0.2, -0.15) is 4.31 Å². The zero-order valence-electron chi connectivity index (χ0n) is 11.5. The van der Waals surface area contributed by atoms with E-state index in [-0.39, 0.29) is 6.29 Å². The first kappa shape index (κ1) is 24.3. The van der Waals surface area contributed by atoms with Crippen molar-refractivity contribution in [1.82, 2.24) is 0 Å². The molecule has 0 saturated heterocycles. The van der Waals surface area contributed by atoms with Gasteiger partial charge in [-0.3, -0.25) is 10.3 Å². The van der Waals surface area contributed by atoms with Crippen molar-refractivity contribution in [2.24, 2.45) is 5.73 Å². The average Bonchev–Trinajstić information content (AvgIpc) is 2.31. The number of phosphoric ester groups is 1. The highest BCUT2D eigenvalue weighted by molar-refractivity contribution is 7.61. The fourth-order valence-electron chi connectivity index (χ4n) is 0.843. The van der Waals surface area contributed by atoms with Crippen LogP contribution in [0.25, 0.3) is 0 Å². The molecule has 0 amide bonds. The highest BCUT2D eigenvalue weighted by atomic mass is 31.3. The molecule has 0 aliphatic carbocycles. The van der Waals surface area contributed by atoms with Crippen LogP contribution in [0.1, 0.15) is 6.92 Å². The number of nitrogens with two attached hydrogens (primary N) is 1. The van der Waals surface area contributed by atoms with Crippen LogP contribution >= 0.6 is 15.6 Å². The van der Waals surface area contributed by atoms with Crippen molar-refractivity contribution in [1.29, 1.82) is 5.41 Å². The fourth-order valence-corrected chi connectivity index (χ4v) is 2.30. The van der Waals surface area contributed by atoms with Gasteiger partial charge in [0.1, 0.15) is 18.3 Å². The second-order valence-electron chi connectivity index (χ2n) is 3.84. The number of aliphatic hydroxyl groups excluding tert-OH is 4. The van der Waals surface area contributed by atoms with E-state index in [9.17, 15) is 13.9 Å². The largest absolute Gasteiger partial charge is 0.538 e. The summed E-state index contributed by atoms with van der Waals surface area (Å²) in [7, 11) is -10.1. The van der Waals surface area contributed by atoms with Crippen LogP contribution in [0.4, 0.5) is 0 Å². The summed E-state index contributed by atoms with van der Waals surface area (Å²) in [6, 6.07) is -1.19. The highest BCUT2D eigenvalue weighted by Gasteiger charge is 2.34. The van der Waals surface area contributed by atoms with E-state index in [0.29, 0.717) is 0 Å². The minimum absolute atomic E-state index is 0.0935. The molecule has 5 atom stereocenters. The molecule has 16 heteroatoms. The lowest BCUT2D eigenvalue weighted by atomic mass is 10.1. The van der Waals surface area contributed by atoms with E-state index >= 15 is 0 Å².